The Balaban J connectivity index is 2.87. The predicted molar refractivity (Wildman–Crippen MR) is 44.2 cm³/mol. The molecule has 0 amide bonds. The van der Waals surface area contributed by atoms with Gasteiger partial charge in [-0.3, -0.25) is 14.4 Å². The normalized spacial score (nSPS) is 21.6. The number of carboxylic acid groups (broad SMARTS) is 1. The first kappa shape index (κ1) is 9.89. The van der Waals surface area contributed by atoms with E-state index in [1.165, 1.54) is 6.92 Å². The zero-order valence-corrected chi connectivity index (χ0v) is 7.50. The Kier molecular flexibility index (Phi) is 2.50. The number of carbonyl (C=O) groups excluding carboxylic acids is 2. The van der Waals surface area contributed by atoms with Crippen molar-refractivity contribution in [3.8, 4) is 0 Å². The van der Waals surface area contributed by atoms with Crippen molar-refractivity contribution in [1.29, 1.82) is 0 Å². The van der Waals surface area contributed by atoms with Crippen LogP contribution in [0.5, 0.6) is 0 Å². The Morgan fingerprint density at radius 1 is 1.38 bits per heavy atom. The third-order valence-corrected chi connectivity index (χ3v) is 2.54. The molecule has 0 atom stereocenters. The molecule has 1 aliphatic rings. The van der Waals surface area contributed by atoms with Crippen molar-refractivity contribution in [2.45, 2.75) is 32.6 Å². The molecule has 1 N–H and O–H groups in total. The van der Waals surface area contributed by atoms with Gasteiger partial charge < -0.3 is 5.11 Å². The summed E-state index contributed by atoms with van der Waals surface area (Å²) in [5, 5.41) is 8.56. The van der Waals surface area contributed by atoms with Gasteiger partial charge in [0, 0.05) is 12.8 Å². The Hall–Kier alpha value is -1.19. The molecule has 13 heavy (non-hydrogen) atoms. The van der Waals surface area contributed by atoms with Crippen LogP contribution >= 0.6 is 0 Å². The minimum atomic E-state index is -1.26. The van der Waals surface area contributed by atoms with E-state index in [4.69, 9.17) is 5.11 Å². The van der Waals surface area contributed by atoms with Gasteiger partial charge in [0.25, 0.3) is 0 Å². The van der Waals surface area contributed by atoms with E-state index >= 15 is 0 Å². The fourth-order valence-electron chi connectivity index (χ4n) is 1.62. The lowest BCUT2D eigenvalue weighted by Gasteiger charge is -2.28. The van der Waals surface area contributed by atoms with E-state index < -0.39 is 11.4 Å². The van der Waals surface area contributed by atoms with Crippen molar-refractivity contribution in [2.24, 2.45) is 5.41 Å². The Labute approximate surface area is 75.9 Å². The molecule has 4 heteroatoms. The Morgan fingerprint density at radius 2 is 1.85 bits per heavy atom. The van der Waals surface area contributed by atoms with Crippen LogP contribution in [0, 0.1) is 5.41 Å². The molecule has 1 fully saturated rings. The molecule has 1 saturated carbocycles. The molecule has 0 aromatic rings. The second-order valence-electron chi connectivity index (χ2n) is 3.60. The van der Waals surface area contributed by atoms with E-state index in [-0.39, 0.29) is 18.0 Å². The minimum absolute atomic E-state index is 0.230. The second kappa shape index (κ2) is 3.28. The largest absolute Gasteiger partial charge is 0.481 e. The zero-order chi connectivity index (χ0) is 10.1. The summed E-state index contributed by atoms with van der Waals surface area (Å²) in [5.41, 5.74) is -1.26. The van der Waals surface area contributed by atoms with Crippen molar-refractivity contribution in [2.75, 3.05) is 0 Å². The van der Waals surface area contributed by atoms with Crippen LogP contribution in [0.1, 0.15) is 32.6 Å². The van der Waals surface area contributed by atoms with Gasteiger partial charge in [0.05, 0.1) is 11.8 Å². The van der Waals surface area contributed by atoms with Gasteiger partial charge in [0.15, 0.2) is 0 Å². The van der Waals surface area contributed by atoms with Crippen LogP contribution in [0.15, 0.2) is 0 Å². The van der Waals surface area contributed by atoms with Gasteiger partial charge in [-0.2, -0.15) is 0 Å². The van der Waals surface area contributed by atoms with Crippen molar-refractivity contribution in [3.63, 3.8) is 0 Å². The standard InChI is InChI=1S/C9H12O4/c1-9(5-8(12)13)6(10)3-2-4-7(9)11/h2-5H2,1H3,(H,12,13). The van der Waals surface area contributed by atoms with Crippen LogP contribution in [0.25, 0.3) is 0 Å². The average Bonchev–Trinajstić information content (AvgIpc) is 1.99. The topological polar surface area (TPSA) is 71.4 Å². The predicted octanol–water partition coefficient (Wildman–Crippen LogP) is 0.790. The van der Waals surface area contributed by atoms with E-state index in [2.05, 4.69) is 0 Å². The van der Waals surface area contributed by atoms with Crippen molar-refractivity contribution < 1.29 is 19.5 Å². The van der Waals surface area contributed by atoms with Crippen molar-refractivity contribution in [3.05, 3.63) is 0 Å². The summed E-state index contributed by atoms with van der Waals surface area (Å²) in [6, 6.07) is 0. The smallest absolute Gasteiger partial charge is 0.304 e. The molecule has 1 rings (SSSR count). The maximum absolute atomic E-state index is 11.4. The maximum Gasteiger partial charge on any atom is 0.304 e. The SMILES string of the molecule is CC1(CC(=O)O)C(=O)CCCC1=O. The molecule has 0 spiro atoms. The van der Waals surface area contributed by atoms with Crippen LogP contribution in [0.2, 0.25) is 0 Å². The number of rotatable bonds is 2. The maximum atomic E-state index is 11.4. The molecule has 0 bridgehead atoms. The van der Waals surface area contributed by atoms with Gasteiger partial charge in [-0.15, -0.1) is 0 Å². The van der Waals surface area contributed by atoms with Gasteiger partial charge >= 0.3 is 5.97 Å². The highest BCUT2D eigenvalue weighted by molar-refractivity contribution is 6.10. The van der Waals surface area contributed by atoms with Crippen LogP contribution in [0.4, 0.5) is 0 Å². The lowest BCUT2D eigenvalue weighted by atomic mass is 9.71. The number of aliphatic carboxylic acids is 1. The highest BCUT2D eigenvalue weighted by Crippen LogP contribution is 2.32. The van der Waals surface area contributed by atoms with Crippen LogP contribution in [-0.2, 0) is 14.4 Å². The number of carboxylic acids is 1. The summed E-state index contributed by atoms with van der Waals surface area (Å²) < 4.78 is 0. The summed E-state index contributed by atoms with van der Waals surface area (Å²) in [5.74, 6) is -1.55. The van der Waals surface area contributed by atoms with Gasteiger partial charge in [-0.25, -0.2) is 0 Å². The number of carbonyl (C=O) groups is 3. The average molecular weight is 184 g/mol. The molecule has 4 nitrogen and oxygen atoms in total. The Morgan fingerprint density at radius 3 is 2.23 bits per heavy atom. The second-order valence-corrected chi connectivity index (χ2v) is 3.60. The fourth-order valence-corrected chi connectivity index (χ4v) is 1.62. The third kappa shape index (κ3) is 1.76. The zero-order valence-electron chi connectivity index (χ0n) is 7.50. The first-order valence-corrected chi connectivity index (χ1v) is 4.25. The summed E-state index contributed by atoms with van der Waals surface area (Å²) in [7, 11) is 0. The lowest BCUT2D eigenvalue weighted by molar-refractivity contribution is -0.151. The first-order valence-electron chi connectivity index (χ1n) is 4.25. The summed E-state index contributed by atoms with van der Waals surface area (Å²) >= 11 is 0. The fraction of sp³-hybridized carbons (Fsp3) is 0.667. The number of hydrogen-bond donors (Lipinski definition) is 1. The van der Waals surface area contributed by atoms with E-state index in [9.17, 15) is 14.4 Å². The molecule has 72 valence electrons. The van der Waals surface area contributed by atoms with Crippen LogP contribution in [0.3, 0.4) is 0 Å². The monoisotopic (exact) mass is 184 g/mol. The van der Waals surface area contributed by atoms with Crippen LogP contribution in [-0.4, -0.2) is 22.6 Å². The molecule has 1 aliphatic carbocycles. The summed E-state index contributed by atoms with van der Waals surface area (Å²) in [6.45, 7) is 1.44. The first-order chi connectivity index (χ1) is 5.97. The number of ketones is 2. The highest BCUT2D eigenvalue weighted by Gasteiger charge is 2.43. The third-order valence-electron chi connectivity index (χ3n) is 2.54. The molecule has 0 unspecified atom stereocenters. The molecule has 0 radical (unpaired) electrons. The molecule has 0 aromatic carbocycles. The molecular weight excluding hydrogens is 172 g/mol. The highest BCUT2D eigenvalue weighted by atomic mass is 16.4. The van der Waals surface area contributed by atoms with Crippen LogP contribution < -0.4 is 0 Å². The van der Waals surface area contributed by atoms with Gasteiger partial charge in [0.2, 0.25) is 0 Å². The van der Waals surface area contributed by atoms with Gasteiger partial charge in [-0.1, -0.05) is 0 Å². The van der Waals surface area contributed by atoms with E-state index in [0.717, 1.165) is 0 Å². The number of Topliss-reactive ketones (excluding diaryl/α,β-unsaturated/α-hetero) is 2. The van der Waals surface area contributed by atoms with Crippen molar-refractivity contribution >= 4 is 17.5 Å². The summed E-state index contributed by atoms with van der Waals surface area (Å²) in [4.78, 5) is 33.2. The van der Waals surface area contributed by atoms with E-state index in [1.807, 2.05) is 0 Å². The number of hydrogen-bond acceptors (Lipinski definition) is 3. The van der Waals surface area contributed by atoms with Gasteiger partial charge in [0.1, 0.15) is 11.6 Å². The van der Waals surface area contributed by atoms with E-state index in [1.54, 1.807) is 0 Å². The molecule has 0 heterocycles. The molecule has 0 saturated heterocycles. The molecule has 0 aliphatic heterocycles. The molecular formula is C9H12O4. The Bertz CT molecular complexity index is 251. The summed E-state index contributed by atoms with van der Waals surface area (Å²) in [6.07, 6.45) is 0.850. The lowest BCUT2D eigenvalue weighted by Crippen LogP contribution is -2.41. The van der Waals surface area contributed by atoms with Gasteiger partial charge in [-0.05, 0) is 13.3 Å². The molecule has 0 aromatic heterocycles. The minimum Gasteiger partial charge on any atom is -0.481 e. The van der Waals surface area contributed by atoms with Crippen molar-refractivity contribution in [1.82, 2.24) is 0 Å². The van der Waals surface area contributed by atoms with E-state index in [0.29, 0.717) is 19.3 Å². The quantitative estimate of drug-likeness (QED) is 0.644.